The normalized spacial score (nSPS) is 11.2. The van der Waals surface area contributed by atoms with Gasteiger partial charge in [0.25, 0.3) is 5.91 Å². The van der Waals surface area contributed by atoms with E-state index in [1.807, 2.05) is 18.2 Å². The molecule has 0 bridgehead atoms. The zero-order valence-electron chi connectivity index (χ0n) is 14.5. The number of benzene rings is 2. The van der Waals surface area contributed by atoms with Crippen molar-refractivity contribution in [3.63, 3.8) is 0 Å². The SMILES string of the molecule is CC(C)Cn1c(CCNC(=O)c2cccc(Cl)c2)nc2ccccc21. The van der Waals surface area contributed by atoms with Crippen molar-refractivity contribution in [1.29, 1.82) is 0 Å². The zero-order valence-corrected chi connectivity index (χ0v) is 15.3. The second-order valence-electron chi connectivity index (χ2n) is 6.54. The number of fused-ring (bicyclic) bond motifs is 1. The molecule has 3 rings (SSSR count). The van der Waals surface area contributed by atoms with Crippen molar-refractivity contribution in [2.75, 3.05) is 6.54 Å². The highest BCUT2D eigenvalue weighted by molar-refractivity contribution is 6.30. The third-order valence-electron chi connectivity index (χ3n) is 4.00. The molecule has 1 amide bonds. The van der Waals surface area contributed by atoms with Crippen LogP contribution >= 0.6 is 11.6 Å². The molecule has 1 N–H and O–H groups in total. The first-order valence-electron chi connectivity index (χ1n) is 8.52. The lowest BCUT2D eigenvalue weighted by molar-refractivity contribution is 0.0954. The second-order valence-corrected chi connectivity index (χ2v) is 6.97. The van der Waals surface area contributed by atoms with Gasteiger partial charge in [-0.25, -0.2) is 4.98 Å². The van der Waals surface area contributed by atoms with Gasteiger partial charge in [-0.05, 0) is 36.2 Å². The van der Waals surface area contributed by atoms with E-state index in [-0.39, 0.29) is 5.91 Å². The number of nitrogens with zero attached hydrogens (tertiary/aromatic N) is 2. The molecule has 0 unspecified atom stereocenters. The van der Waals surface area contributed by atoms with E-state index in [1.165, 1.54) is 0 Å². The molecule has 25 heavy (non-hydrogen) atoms. The second kappa shape index (κ2) is 7.70. The summed E-state index contributed by atoms with van der Waals surface area (Å²) in [6.07, 6.45) is 0.688. The highest BCUT2D eigenvalue weighted by Gasteiger charge is 2.12. The first-order chi connectivity index (χ1) is 12.0. The van der Waals surface area contributed by atoms with Crippen LogP contribution in [0.1, 0.15) is 30.0 Å². The average molecular weight is 356 g/mol. The van der Waals surface area contributed by atoms with Crippen molar-refractivity contribution in [2.24, 2.45) is 5.92 Å². The van der Waals surface area contributed by atoms with Crippen molar-refractivity contribution < 1.29 is 4.79 Å². The summed E-state index contributed by atoms with van der Waals surface area (Å²) in [6, 6.07) is 15.1. The van der Waals surface area contributed by atoms with Gasteiger partial charge in [-0.3, -0.25) is 4.79 Å². The van der Waals surface area contributed by atoms with E-state index < -0.39 is 0 Å². The van der Waals surface area contributed by atoms with Crippen LogP contribution in [0.5, 0.6) is 0 Å². The summed E-state index contributed by atoms with van der Waals surface area (Å²) < 4.78 is 2.26. The minimum atomic E-state index is -0.117. The Morgan fingerprint density at radius 1 is 1.20 bits per heavy atom. The lowest BCUT2D eigenvalue weighted by atomic mass is 10.2. The van der Waals surface area contributed by atoms with E-state index in [4.69, 9.17) is 16.6 Å². The number of halogens is 1. The zero-order chi connectivity index (χ0) is 17.8. The highest BCUT2D eigenvalue weighted by Crippen LogP contribution is 2.18. The number of amides is 1. The van der Waals surface area contributed by atoms with Crippen molar-refractivity contribution in [1.82, 2.24) is 14.9 Å². The van der Waals surface area contributed by atoms with Gasteiger partial charge in [0.15, 0.2) is 0 Å². The van der Waals surface area contributed by atoms with Gasteiger partial charge in [0.1, 0.15) is 5.82 Å². The topological polar surface area (TPSA) is 46.9 Å². The number of nitrogens with one attached hydrogen (secondary N) is 1. The number of carbonyl (C=O) groups excluding carboxylic acids is 1. The molecule has 1 heterocycles. The predicted molar refractivity (Wildman–Crippen MR) is 102 cm³/mol. The monoisotopic (exact) mass is 355 g/mol. The smallest absolute Gasteiger partial charge is 0.251 e. The van der Waals surface area contributed by atoms with Crippen LogP contribution in [0.3, 0.4) is 0 Å². The molecule has 0 aliphatic rings. The van der Waals surface area contributed by atoms with E-state index in [9.17, 15) is 4.79 Å². The Morgan fingerprint density at radius 3 is 2.76 bits per heavy atom. The van der Waals surface area contributed by atoms with Crippen LogP contribution in [-0.4, -0.2) is 22.0 Å². The molecule has 0 radical (unpaired) electrons. The van der Waals surface area contributed by atoms with Crippen LogP contribution in [0.25, 0.3) is 11.0 Å². The van der Waals surface area contributed by atoms with Crippen LogP contribution in [0.2, 0.25) is 5.02 Å². The molecule has 0 saturated carbocycles. The summed E-state index contributed by atoms with van der Waals surface area (Å²) in [4.78, 5) is 17.0. The predicted octanol–water partition coefficient (Wildman–Crippen LogP) is 4.32. The molecule has 3 aromatic rings. The molecule has 5 heteroatoms. The van der Waals surface area contributed by atoms with Gasteiger partial charge in [-0.2, -0.15) is 0 Å². The summed E-state index contributed by atoms with van der Waals surface area (Å²) >= 11 is 5.94. The van der Waals surface area contributed by atoms with Gasteiger partial charge in [-0.1, -0.05) is 43.6 Å². The largest absolute Gasteiger partial charge is 0.352 e. The molecule has 1 aromatic heterocycles. The highest BCUT2D eigenvalue weighted by atomic mass is 35.5. The van der Waals surface area contributed by atoms with Gasteiger partial charge in [-0.15, -0.1) is 0 Å². The molecular weight excluding hydrogens is 334 g/mol. The minimum Gasteiger partial charge on any atom is -0.352 e. The number of para-hydroxylation sites is 2. The molecule has 0 atom stereocenters. The Labute approximate surface area is 152 Å². The summed E-state index contributed by atoms with van der Waals surface area (Å²) in [5.41, 5.74) is 2.72. The fourth-order valence-corrected chi connectivity index (χ4v) is 3.10. The van der Waals surface area contributed by atoms with Crippen LogP contribution in [0.15, 0.2) is 48.5 Å². The van der Waals surface area contributed by atoms with Crippen molar-refractivity contribution >= 4 is 28.5 Å². The van der Waals surface area contributed by atoms with E-state index in [0.717, 1.165) is 23.4 Å². The number of rotatable bonds is 6. The Balaban J connectivity index is 1.71. The molecule has 2 aromatic carbocycles. The number of carbonyl (C=O) groups is 1. The summed E-state index contributed by atoms with van der Waals surface area (Å²) in [5, 5.41) is 3.51. The third-order valence-corrected chi connectivity index (χ3v) is 4.24. The maximum atomic E-state index is 12.2. The third kappa shape index (κ3) is 4.20. The van der Waals surface area contributed by atoms with E-state index in [0.29, 0.717) is 29.5 Å². The first kappa shape index (κ1) is 17.5. The lowest BCUT2D eigenvalue weighted by Crippen LogP contribution is -2.26. The standard InChI is InChI=1S/C20H22ClN3O/c1-14(2)13-24-18-9-4-3-8-17(18)23-19(24)10-11-22-20(25)15-6-5-7-16(21)12-15/h3-9,12,14H,10-11,13H2,1-2H3,(H,22,25). The molecule has 130 valence electrons. The number of imidazole rings is 1. The minimum absolute atomic E-state index is 0.117. The van der Waals surface area contributed by atoms with Gasteiger partial charge >= 0.3 is 0 Å². The van der Waals surface area contributed by atoms with Crippen molar-refractivity contribution in [2.45, 2.75) is 26.8 Å². The van der Waals surface area contributed by atoms with Crippen molar-refractivity contribution in [3.05, 3.63) is 64.9 Å². The quantitative estimate of drug-likeness (QED) is 0.715. The summed E-state index contributed by atoms with van der Waals surface area (Å²) in [6.45, 7) is 5.84. The van der Waals surface area contributed by atoms with Crippen LogP contribution < -0.4 is 5.32 Å². The van der Waals surface area contributed by atoms with Gasteiger partial charge < -0.3 is 9.88 Å². The molecular formula is C20H22ClN3O. The fourth-order valence-electron chi connectivity index (χ4n) is 2.90. The Bertz CT molecular complexity index is 886. The Hall–Kier alpha value is -2.33. The molecule has 4 nitrogen and oxygen atoms in total. The number of aromatic nitrogens is 2. The van der Waals surface area contributed by atoms with Crippen LogP contribution in [-0.2, 0) is 13.0 Å². The Kier molecular flexibility index (Phi) is 5.39. The van der Waals surface area contributed by atoms with Gasteiger partial charge in [0, 0.05) is 30.1 Å². The van der Waals surface area contributed by atoms with Crippen molar-refractivity contribution in [3.8, 4) is 0 Å². The maximum Gasteiger partial charge on any atom is 0.251 e. The number of hydrogen-bond donors (Lipinski definition) is 1. The van der Waals surface area contributed by atoms with Gasteiger partial charge in [0.05, 0.1) is 11.0 Å². The molecule has 0 aliphatic carbocycles. The molecule has 0 spiro atoms. The lowest BCUT2D eigenvalue weighted by Gasteiger charge is -2.12. The Morgan fingerprint density at radius 2 is 2.00 bits per heavy atom. The summed E-state index contributed by atoms with van der Waals surface area (Å²) in [5.74, 6) is 1.41. The first-order valence-corrected chi connectivity index (χ1v) is 8.90. The van der Waals surface area contributed by atoms with Crippen LogP contribution in [0, 0.1) is 5.92 Å². The van der Waals surface area contributed by atoms with Crippen LogP contribution in [0.4, 0.5) is 0 Å². The average Bonchev–Trinajstić information content (AvgIpc) is 2.92. The fraction of sp³-hybridized carbons (Fsp3) is 0.300. The van der Waals surface area contributed by atoms with E-state index in [1.54, 1.807) is 24.3 Å². The molecule has 0 aliphatic heterocycles. The summed E-state index contributed by atoms with van der Waals surface area (Å²) in [7, 11) is 0. The number of hydrogen-bond acceptors (Lipinski definition) is 2. The maximum absolute atomic E-state index is 12.2. The molecule has 0 fully saturated rings. The molecule has 0 saturated heterocycles. The van der Waals surface area contributed by atoms with Gasteiger partial charge in [0.2, 0.25) is 0 Å². The van der Waals surface area contributed by atoms with E-state index in [2.05, 4.69) is 29.8 Å². The van der Waals surface area contributed by atoms with E-state index >= 15 is 0 Å².